The zero-order chi connectivity index (χ0) is 19.9. The number of aromatic nitrogens is 2. The molecule has 0 bridgehead atoms. The van der Waals surface area contributed by atoms with Crippen molar-refractivity contribution >= 4 is 22.8 Å². The van der Waals surface area contributed by atoms with Gasteiger partial charge in [-0.15, -0.1) is 0 Å². The number of carbonyl (C=O) groups is 2. The lowest BCUT2D eigenvalue weighted by molar-refractivity contribution is -0.149. The molecule has 0 radical (unpaired) electrons. The number of H-pyrrole nitrogens is 1. The van der Waals surface area contributed by atoms with Crippen molar-refractivity contribution in [3.05, 3.63) is 70.8 Å². The summed E-state index contributed by atoms with van der Waals surface area (Å²) in [7, 11) is 0. The molecule has 1 amide bonds. The molecule has 0 aliphatic heterocycles. The third-order valence-corrected chi connectivity index (χ3v) is 3.87. The summed E-state index contributed by atoms with van der Waals surface area (Å²) in [4.78, 5) is 42.7. The maximum Gasteiger partial charge on any atom is 0.326 e. The maximum absolute atomic E-state index is 12.1. The quantitative estimate of drug-likeness (QED) is 0.603. The van der Waals surface area contributed by atoms with Gasteiger partial charge in [-0.05, 0) is 31.2 Å². The van der Waals surface area contributed by atoms with E-state index in [2.05, 4.69) is 15.3 Å². The molecule has 0 aliphatic rings. The number of benzene rings is 2. The molecule has 8 heteroatoms. The second kappa shape index (κ2) is 8.81. The largest absolute Gasteiger partial charge is 0.484 e. The molecule has 0 spiro atoms. The van der Waals surface area contributed by atoms with Crippen molar-refractivity contribution in [1.82, 2.24) is 15.3 Å². The average Bonchev–Trinajstić information content (AvgIpc) is 2.71. The van der Waals surface area contributed by atoms with Crippen molar-refractivity contribution in [2.75, 3.05) is 13.2 Å². The smallest absolute Gasteiger partial charge is 0.326 e. The van der Waals surface area contributed by atoms with Gasteiger partial charge in [0, 0.05) is 0 Å². The first-order valence-electron chi connectivity index (χ1n) is 8.66. The molecule has 3 aromatic rings. The van der Waals surface area contributed by atoms with Gasteiger partial charge in [0.15, 0.2) is 18.5 Å². The molecule has 1 atom stereocenters. The summed E-state index contributed by atoms with van der Waals surface area (Å²) in [5.74, 6) is -0.321. The van der Waals surface area contributed by atoms with Crippen LogP contribution in [0.1, 0.15) is 18.9 Å². The number of para-hydroxylation sites is 2. The molecule has 1 aromatic heterocycles. The fourth-order valence-electron chi connectivity index (χ4n) is 2.48. The second-order valence-corrected chi connectivity index (χ2v) is 5.98. The Bertz CT molecular complexity index is 1030. The monoisotopic (exact) mass is 381 g/mol. The number of amides is 1. The molecule has 0 saturated heterocycles. The first-order valence-corrected chi connectivity index (χ1v) is 8.66. The van der Waals surface area contributed by atoms with E-state index < -0.39 is 18.0 Å². The van der Waals surface area contributed by atoms with Crippen molar-refractivity contribution in [1.29, 1.82) is 0 Å². The number of ether oxygens (including phenoxy) is 2. The van der Waals surface area contributed by atoms with E-state index in [0.717, 1.165) is 0 Å². The van der Waals surface area contributed by atoms with Gasteiger partial charge in [-0.3, -0.25) is 14.4 Å². The van der Waals surface area contributed by atoms with E-state index in [4.69, 9.17) is 9.47 Å². The molecule has 0 saturated carbocycles. The third kappa shape index (κ3) is 4.94. The number of rotatable bonds is 7. The van der Waals surface area contributed by atoms with Gasteiger partial charge < -0.3 is 19.8 Å². The lowest BCUT2D eigenvalue weighted by Crippen LogP contribution is -2.34. The van der Waals surface area contributed by atoms with Crippen LogP contribution in [0.25, 0.3) is 10.9 Å². The van der Waals surface area contributed by atoms with Crippen LogP contribution in [0.2, 0.25) is 0 Å². The summed E-state index contributed by atoms with van der Waals surface area (Å²) < 4.78 is 10.5. The van der Waals surface area contributed by atoms with Crippen molar-refractivity contribution in [3.8, 4) is 5.75 Å². The molecule has 3 rings (SSSR count). The normalized spacial score (nSPS) is 11.6. The summed E-state index contributed by atoms with van der Waals surface area (Å²) in [5.41, 5.74) is 0.199. The minimum Gasteiger partial charge on any atom is -0.484 e. The van der Waals surface area contributed by atoms with Crippen LogP contribution < -0.4 is 15.6 Å². The Morgan fingerprint density at radius 2 is 1.82 bits per heavy atom. The van der Waals surface area contributed by atoms with Gasteiger partial charge >= 0.3 is 5.97 Å². The van der Waals surface area contributed by atoms with Crippen molar-refractivity contribution in [3.63, 3.8) is 0 Å². The number of nitrogens with zero attached hydrogens (tertiary/aromatic N) is 1. The molecule has 2 N–H and O–H groups in total. The van der Waals surface area contributed by atoms with E-state index >= 15 is 0 Å². The number of nitrogens with one attached hydrogen (secondary N) is 2. The summed E-state index contributed by atoms with van der Waals surface area (Å²) in [6.45, 7) is 1.05. The van der Waals surface area contributed by atoms with Crippen LogP contribution >= 0.6 is 0 Å². The fourth-order valence-corrected chi connectivity index (χ4v) is 2.48. The van der Waals surface area contributed by atoms with Crippen molar-refractivity contribution in [2.24, 2.45) is 0 Å². The lowest BCUT2D eigenvalue weighted by atomic mass is 10.2. The first-order chi connectivity index (χ1) is 13.5. The number of hydrogen-bond acceptors (Lipinski definition) is 6. The zero-order valence-corrected chi connectivity index (χ0v) is 15.2. The Morgan fingerprint density at radius 3 is 2.61 bits per heavy atom. The Morgan fingerprint density at radius 1 is 1.11 bits per heavy atom. The minimum absolute atomic E-state index is 0.216. The third-order valence-electron chi connectivity index (χ3n) is 3.87. The molecule has 0 aliphatic carbocycles. The first kappa shape index (κ1) is 19.1. The topological polar surface area (TPSA) is 110 Å². The predicted octanol–water partition coefficient (Wildman–Crippen LogP) is 1.72. The molecule has 1 heterocycles. The standard InChI is InChI=1S/C20H19N3O5/c1-13(19-22-16-10-6-5-9-15(16)20(26)23-19)28-18(25)11-21-17(24)12-27-14-7-3-2-4-8-14/h2-10,13H,11-12H2,1H3,(H,21,24)(H,22,23,26). The van der Waals surface area contributed by atoms with Gasteiger partial charge in [0.05, 0.1) is 10.9 Å². The van der Waals surface area contributed by atoms with Gasteiger partial charge in [0.25, 0.3) is 11.5 Å². The maximum atomic E-state index is 12.1. The molecule has 2 aromatic carbocycles. The van der Waals surface area contributed by atoms with Gasteiger partial charge in [0.2, 0.25) is 0 Å². The van der Waals surface area contributed by atoms with Crippen LogP contribution in [0.15, 0.2) is 59.4 Å². The Balaban J connectivity index is 1.50. The van der Waals surface area contributed by atoms with Crippen LogP contribution in [0.4, 0.5) is 0 Å². The fraction of sp³-hybridized carbons (Fsp3) is 0.200. The van der Waals surface area contributed by atoms with Crippen molar-refractivity contribution in [2.45, 2.75) is 13.0 Å². The highest BCUT2D eigenvalue weighted by atomic mass is 16.5. The van der Waals surface area contributed by atoms with Crippen molar-refractivity contribution < 1.29 is 19.1 Å². The molecular formula is C20H19N3O5. The molecule has 8 nitrogen and oxygen atoms in total. The summed E-state index contributed by atoms with van der Waals surface area (Å²) in [6, 6.07) is 15.7. The van der Waals surface area contributed by atoms with Crippen LogP contribution in [-0.2, 0) is 14.3 Å². The van der Waals surface area contributed by atoms with E-state index in [1.165, 1.54) is 0 Å². The molecule has 1 unspecified atom stereocenters. The van der Waals surface area contributed by atoms with Crippen LogP contribution in [0.5, 0.6) is 5.75 Å². The molecule has 28 heavy (non-hydrogen) atoms. The van der Waals surface area contributed by atoms with Crippen LogP contribution in [0, 0.1) is 0 Å². The Kier molecular flexibility index (Phi) is 6.01. The zero-order valence-electron chi connectivity index (χ0n) is 15.2. The van der Waals surface area contributed by atoms with E-state index in [-0.39, 0.29) is 24.5 Å². The van der Waals surface area contributed by atoms with E-state index in [1.54, 1.807) is 55.5 Å². The molecular weight excluding hydrogens is 362 g/mol. The number of carbonyl (C=O) groups excluding carboxylic acids is 2. The van der Waals surface area contributed by atoms with Crippen LogP contribution in [0.3, 0.4) is 0 Å². The molecule has 0 fully saturated rings. The highest BCUT2D eigenvalue weighted by Gasteiger charge is 2.16. The predicted molar refractivity (Wildman–Crippen MR) is 102 cm³/mol. The minimum atomic E-state index is -0.776. The number of aromatic amines is 1. The van der Waals surface area contributed by atoms with E-state index in [0.29, 0.717) is 16.7 Å². The SMILES string of the molecule is CC(OC(=O)CNC(=O)COc1ccccc1)c1nc2ccccc2c(=O)[nH]1. The van der Waals surface area contributed by atoms with Gasteiger partial charge in [-0.1, -0.05) is 30.3 Å². The van der Waals surface area contributed by atoms with Gasteiger partial charge in [0.1, 0.15) is 12.3 Å². The highest BCUT2D eigenvalue weighted by Crippen LogP contribution is 2.14. The van der Waals surface area contributed by atoms with Crippen LogP contribution in [-0.4, -0.2) is 35.0 Å². The number of hydrogen-bond donors (Lipinski definition) is 2. The Labute approximate surface area is 160 Å². The van der Waals surface area contributed by atoms with E-state index in [9.17, 15) is 14.4 Å². The number of esters is 1. The Hall–Kier alpha value is -3.68. The summed E-state index contributed by atoms with van der Waals surface area (Å²) in [6.07, 6.45) is -0.776. The van der Waals surface area contributed by atoms with E-state index in [1.807, 2.05) is 6.07 Å². The summed E-state index contributed by atoms with van der Waals surface area (Å²) >= 11 is 0. The highest BCUT2D eigenvalue weighted by molar-refractivity contribution is 5.83. The average molecular weight is 381 g/mol. The van der Waals surface area contributed by atoms with Gasteiger partial charge in [-0.25, -0.2) is 4.98 Å². The molecule has 144 valence electrons. The summed E-state index contributed by atoms with van der Waals surface area (Å²) in [5, 5.41) is 2.87. The van der Waals surface area contributed by atoms with Gasteiger partial charge in [-0.2, -0.15) is 0 Å². The number of fused-ring (bicyclic) bond motifs is 1. The lowest BCUT2D eigenvalue weighted by Gasteiger charge is -2.13. The second-order valence-electron chi connectivity index (χ2n) is 5.98.